The molecule has 0 bridgehead atoms. The van der Waals surface area contributed by atoms with Crippen LogP contribution >= 0.6 is 0 Å². The summed E-state index contributed by atoms with van der Waals surface area (Å²) < 4.78 is 5.00. The van der Waals surface area contributed by atoms with E-state index in [0.29, 0.717) is 12.5 Å². The van der Waals surface area contributed by atoms with Crippen molar-refractivity contribution in [1.29, 1.82) is 0 Å². The average Bonchev–Trinajstić information content (AvgIpc) is 2.26. The molecule has 0 fully saturated rings. The van der Waals surface area contributed by atoms with Crippen molar-refractivity contribution in [2.45, 2.75) is 6.54 Å². The third kappa shape index (κ3) is 3.46. The second-order valence-electron chi connectivity index (χ2n) is 3.26. The second-order valence-corrected chi connectivity index (χ2v) is 3.26. The maximum Gasteiger partial charge on any atom is 0.191 e. The molecule has 15 heavy (non-hydrogen) atoms. The number of aromatic nitrogens is 1. The zero-order valence-corrected chi connectivity index (χ0v) is 9.27. The van der Waals surface area contributed by atoms with Gasteiger partial charge in [-0.2, -0.15) is 0 Å². The Balaban J connectivity index is 2.62. The van der Waals surface area contributed by atoms with Crippen molar-refractivity contribution in [1.82, 2.24) is 9.88 Å². The molecule has 2 N–H and O–H groups in total. The van der Waals surface area contributed by atoms with E-state index in [9.17, 15) is 0 Å². The predicted molar refractivity (Wildman–Crippen MR) is 59.8 cm³/mol. The van der Waals surface area contributed by atoms with E-state index in [2.05, 4.69) is 9.98 Å². The molecule has 0 aliphatic rings. The number of nitrogens with zero attached hydrogens (tertiary/aromatic N) is 3. The highest BCUT2D eigenvalue weighted by Gasteiger charge is 1.97. The van der Waals surface area contributed by atoms with E-state index < -0.39 is 0 Å². The molecule has 0 aromatic carbocycles. The molecular formula is C10H16N4O. The first-order chi connectivity index (χ1) is 7.13. The van der Waals surface area contributed by atoms with E-state index in [1.165, 1.54) is 0 Å². The van der Waals surface area contributed by atoms with E-state index in [1.54, 1.807) is 18.2 Å². The monoisotopic (exact) mass is 208 g/mol. The highest BCUT2D eigenvalue weighted by atomic mass is 16.5. The summed E-state index contributed by atoms with van der Waals surface area (Å²) >= 11 is 0. The van der Waals surface area contributed by atoms with Crippen LogP contribution in [0.15, 0.2) is 23.3 Å². The molecule has 0 saturated heterocycles. The van der Waals surface area contributed by atoms with E-state index >= 15 is 0 Å². The van der Waals surface area contributed by atoms with Gasteiger partial charge >= 0.3 is 0 Å². The van der Waals surface area contributed by atoms with Crippen molar-refractivity contribution < 1.29 is 4.74 Å². The lowest BCUT2D eigenvalue weighted by Crippen LogP contribution is -2.30. The van der Waals surface area contributed by atoms with Crippen molar-refractivity contribution >= 4 is 5.96 Å². The van der Waals surface area contributed by atoms with Crippen LogP contribution < -0.4 is 10.5 Å². The van der Waals surface area contributed by atoms with Crippen molar-refractivity contribution in [3.63, 3.8) is 0 Å². The second kappa shape index (κ2) is 5.19. The van der Waals surface area contributed by atoms with Gasteiger partial charge in [0.25, 0.3) is 0 Å². The molecule has 0 atom stereocenters. The molecular weight excluding hydrogens is 192 g/mol. The van der Waals surface area contributed by atoms with Gasteiger partial charge in [0.15, 0.2) is 5.96 Å². The highest BCUT2D eigenvalue weighted by molar-refractivity contribution is 5.77. The van der Waals surface area contributed by atoms with Gasteiger partial charge in [0.1, 0.15) is 5.75 Å². The maximum atomic E-state index is 5.64. The molecule has 0 spiro atoms. The number of hydrogen-bond acceptors (Lipinski definition) is 3. The Kier molecular flexibility index (Phi) is 3.91. The van der Waals surface area contributed by atoms with Crippen LogP contribution in [0.5, 0.6) is 5.75 Å². The first kappa shape index (κ1) is 11.3. The molecule has 82 valence electrons. The molecule has 0 aliphatic heterocycles. The number of nitrogens with two attached hydrogens (primary N) is 1. The summed E-state index contributed by atoms with van der Waals surface area (Å²) in [4.78, 5) is 10.1. The van der Waals surface area contributed by atoms with E-state index in [-0.39, 0.29) is 0 Å². The minimum Gasteiger partial charge on any atom is -0.495 e. The lowest BCUT2D eigenvalue weighted by atomic mass is 10.3. The summed E-state index contributed by atoms with van der Waals surface area (Å²) in [6.07, 6.45) is 1.66. The van der Waals surface area contributed by atoms with E-state index in [0.717, 1.165) is 11.4 Å². The Hall–Kier alpha value is -1.78. The van der Waals surface area contributed by atoms with Gasteiger partial charge in [0.2, 0.25) is 0 Å². The molecule has 1 heterocycles. The van der Waals surface area contributed by atoms with Gasteiger partial charge in [-0.3, -0.25) is 4.98 Å². The molecule has 0 amide bonds. The number of methoxy groups -OCH3 is 1. The number of guanidine groups is 1. The van der Waals surface area contributed by atoms with Crippen molar-refractivity contribution in [2.24, 2.45) is 10.7 Å². The Morgan fingerprint density at radius 3 is 2.73 bits per heavy atom. The average molecular weight is 208 g/mol. The Morgan fingerprint density at radius 2 is 2.27 bits per heavy atom. The van der Waals surface area contributed by atoms with E-state index in [1.807, 2.05) is 26.2 Å². The molecule has 1 aromatic heterocycles. The number of aliphatic imine (C=N–C) groups is 1. The summed E-state index contributed by atoms with van der Waals surface area (Å²) in [6.45, 7) is 0.480. The molecule has 0 unspecified atom stereocenters. The minimum atomic E-state index is 0.480. The number of ether oxygens (including phenoxy) is 1. The van der Waals surface area contributed by atoms with Gasteiger partial charge in [-0.25, -0.2) is 4.99 Å². The number of pyridine rings is 1. The first-order valence-electron chi connectivity index (χ1n) is 4.59. The SMILES string of the molecule is COc1ccc(CN=C(N)N(C)C)nc1. The quantitative estimate of drug-likeness (QED) is 0.579. The number of rotatable bonds is 3. The fourth-order valence-corrected chi connectivity index (χ4v) is 0.929. The lowest BCUT2D eigenvalue weighted by Gasteiger charge is -2.10. The summed E-state index contributed by atoms with van der Waals surface area (Å²) in [5.74, 6) is 1.23. The molecule has 0 aliphatic carbocycles. The summed E-state index contributed by atoms with van der Waals surface area (Å²) in [7, 11) is 5.30. The smallest absolute Gasteiger partial charge is 0.191 e. The van der Waals surface area contributed by atoms with Crippen LogP contribution in [0.4, 0.5) is 0 Å². The third-order valence-electron chi connectivity index (χ3n) is 1.89. The normalized spacial score (nSPS) is 11.3. The maximum absolute atomic E-state index is 5.64. The van der Waals surface area contributed by atoms with Gasteiger partial charge in [0.05, 0.1) is 25.5 Å². The molecule has 1 aromatic rings. The highest BCUT2D eigenvalue weighted by Crippen LogP contribution is 2.08. The molecule has 0 radical (unpaired) electrons. The van der Waals surface area contributed by atoms with Crippen molar-refractivity contribution in [2.75, 3.05) is 21.2 Å². The molecule has 0 saturated carbocycles. The zero-order chi connectivity index (χ0) is 11.3. The van der Waals surface area contributed by atoms with Gasteiger partial charge < -0.3 is 15.4 Å². The van der Waals surface area contributed by atoms with Gasteiger partial charge in [0, 0.05) is 14.1 Å². The number of hydrogen-bond donors (Lipinski definition) is 1. The molecule has 5 nitrogen and oxygen atoms in total. The molecule has 1 rings (SSSR count). The van der Waals surface area contributed by atoms with Crippen molar-refractivity contribution in [3.05, 3.63) is 24.0 Å². The van der Waals surface area contributed by atoms with Gasteiger partial charge in [-0.05, 0) is 12.1 Å². The lowest BCUT2D eigenvalue weighted by molar-refractivity contribution is 0.412. The molecule has 5 heteroatoms. The van der Waals surface area contributed by atoms with Crippen LogP contribution in [-0.2, 0) is 6.54 Å². The standard InChI is InChI=1S/C10H16N4O/c1-14(2)10(11)13-6-8-4-5-9(15-3)7-12-8/h4-5,7H,6H2,1-3H3,(H2,11,13). The third-order valence-corrected chi connectivity index (χ3v) is 1.89. The van der Waals surface area contributed by atoms with Gasteiger partial charge in [-0.1, -0.05) is 0 Å². The first-order valence-corrected chi connectivity index (χ1v) is 4.59. The van der Waals surface area contributed by atoms with Crippen LogP contribution in [0.2, 0.25) is 0 Å². The van der Waals surface area contributed by atoms with E-state index in [4.69, 9.17) is 10.5 Å². The van der Waals surface area contributed by atoms with Crippen LogP contribution in [0.25, 0.3) is 0 Å². The predicted octanol–water partition coefficient (Wildman–Crippen LogP) is 0.466. The minimum absolute atomic E-state index is 0.480. The van der Waals surface area contributed by atoms with Crippen LogP contribution in [0.1, 0.15) is 5.69 Å². The fraction of sp³-hybridized carbons (Fsp3) is 0.400. The van der Waals surface area contributed by atoms with Crippen LogP contribution in [-0.4, -0.2) is 37.0 Å². The Labute approximate surface area is 89.6 Å². The summed E-state index contributed by atoms with van der Waals surface area (Å²) in [5.41, 5.74) is 6.51. The van der Waals surface area contributed by atoms with Crippen molar-refractivity contribution in [3.8, 4) is 5.75 Å². The fourth-order valence-electron chi connectivity index (χ4n) is 0.929. The Morgan fingerprint density at radius 1 is 1.53 bits per heavy atom. The van der Waals surface area contributed by atoms with Gasteiger partial charge in [-0.15, -0.1) is 0 Å². The van der Waals surface area contributed by atoms with Crippen LogP contribution in [0, 0.1) is 0 Å². The largest absolute Gasteiger partial charge is 0.495 e. The van der Waals surface area contributed by atoms with Crippen LogP contribution in [0.3, 0.4) is 0 Å². The topological polar surface area (TPSA) is 63.7 Å². The summed E-state index contributed by atoms with van der Waals surface area (Å²) in [5, 5.41) is 0. The summed E-state index contributed by atoms with van der Waals surface area (Å²) in [6, 6.07) is 3.72. The Bertz CT molecular complexity index is 332. The zero-order valence-electron chi connectivity index (χ0n) is 9.27.